The van der Waals surface area contributed by atoms with Crippen LogP contribution in [0.1, 0.15) is 31.0 Å². The Labute approximate surface area is 180 Å². The number of benzene rings is 2. The Morgan fingerprint density at radius 2 is 1.87 bits per heavy atom. The maximum Gasteiger partial charge on any atom is 0.295 e. The molecular formula is C23H24ClNO5. The van der Waals surface area contributed by atoms with Crippen molar-refractivity contribution in [3.8, 4) is 5.75 Å². The van der Waals surface area contributed by atoms with Crippen molar-refractivity contribution in [2.75, 3.05) is 20.3 Å². The molecule has 0 radical (unpaired) electrons. The molecule has 1 unspecified atom stereocenters. The summed E-state index contributed by atoms with van der Waals surface area (Å²) in [5.74, 6) is -1.42. The van der Waals surface area contributed by atoms with Crippen LogP contribution in [0.25, 0.3) is 5.76 Å². The van der Waals surface area contributed by atoms with Gasteiger partial charge in [0.2, 0.25) is 0 Å². The highest BCUT2D eigenvalue weighted by atomic mass is 35.5. The van der Waals surface area contributed by atoms with E-state index in [4.69, 9.17) is 21.1 Å². The Balaban J connectivity index is 2.13. The third-order valence-corrected chi connectivity index (χ3v) is 5.09. The lowest BCUT2D eigenvalue weighted by atomic mass is 9.95. The minimum atomic E-state index is -0.757. The molecular weight excluding hydrogens is 406 g/mol. The molecule has 1 fully saturated rings. The molecule has 1 N–H and O–H groups in total. The number of aliphatic hydroxyl groups excluding tert-OH is 1. The highest BCUT2D eigenvalue weighted by molar-refractivity contribution is 6.46. The number of likely N-dealkylation sites (tertiary alicyclic amines) is 1. The summed E-state index contributed by atoms with van der Waals surface area (Å²) in [7, 11) is 1.45. The lowest BCUT2D eigenvalue weighted by Gasteiger charge is -2.25. The number of aliphatic hydroxyl groups is 1. The molecule has 1 amide bonds. The number of hydrogen-bond donors (Lipinski definition) is 1. The van der Waals surface area contributed by atoms with Crippen LogP contribution in [0.4, 0.5) is 0 Å². The van der Waals surface area contributed by atoms with Crippen molar-refractivity contribution in [2.45, 2.75) is 26.0 Å². The van der Waals surface area contributed by atoms with Crippen LogP contribution in [0.5, 0.6) is 5.75 Å². The number of methoxy groups -OCH3 is 1. The fourth-order valence-corrected chi connectivity index (χ4v) is 3.66. The van der Waals surface area contributed by atoms with Crippen molar-refractivity contribution in [1.29, 1.82) is 0 Å². The molecule has 1 aliphatic rings. The Morgan fingerprint density at radius 1 is 1.17 bits per heavy atom. The van der Waals surface area contributed by atoms with Gasteiger partial charge in [-0.05, 0) is 37.6 Å². The smallest absolute Gasteiger partial charge is 0.295 e. The maximum absolute atomic E-state index is 13.0. The molecule has 0 aromatic heterocycles. The average molecular weight is 430 g/mol. The zero-order valence-electron chi connectivity index (χ0n) is 17.1. The summed E-state index contributed by atoms with van der Waals surface area (Å²) in [6, 6.07) is 13.1. The largest absolute Gasteiger partial charge is 0.507 e. The number of rotatable bonds is 7. The predicted molar refractivity (Wildman–Crippen MR) is 115 cm³/mol. The molecule has 7 heteroatoms. The van der Waals surface area contributed by atoms with Crippen molar-refractivity contribution < 1.29 is 24.2 Å². The van der Waals surface area contributed by atoms with Crippen LogP contribution in [0.15, 0.2) is 54.1 Å². The number of ketones is 1. The molecule has 3 rings (SSSR count). The number of hydrogen-bond acceptors (Lipinski definition) is 5. The van der Waals surface area contributed by atoms with Gasteiger partial charge >= 0.3 is 0 Å². The van der Waals surface area contributed by atoms with Gasteiger partial charge in [0, 0.05) is 11.6 Å². The third kappa shape index (κ3) is 4.35. The van der Waals surface area contributed by atoms with E-state index in [2.05, 4.69) is 0 Å². The molecule has 1 saturated heterocycles. The first-order valence-corrected chi connectivity index (χ1v) is 10.0. The zero-order valence-corrected chi connectivity index (χ0v) is 17.8. The molecule has 0 spiro atoms. The number of Topliss-reactive ketones (excluding diaryl/α,β-unsaturated/α-hetero) is 1. The van der Waals surface area contributed by atoms with Crippen LogP contribution in [0, 0.1) is 0 Å². The Bertz CT molecular complexity index is 971. The topological polar surface area (TPSA) is 76.1 Å². The summed E-state index contributed by atoms with van der Waals surface area (Å²) in [6.45, 7) is 4.28. The normalized spacial score (nSPS) is 18.3. The number of ether oxygens (including phenoxy) is 2. The zero-order chi connectivity index (χ0) is 21.8. The van der Waals surface area contributed by atoms with Gasteiger partial charge in [0.15, 0.2) is 0 Å². The molecule has 1 aliphatic heterocycles. The fraction of sp³-hybridized carbons (Fsp3) is 0.304. The van der Waals surface area contributed by atoms with Gasteiger partial charge in [-0.25, -0.2) is 0 Å². The lowest BCUT2D eigenvalue weighted by Crippen LogP contribution is -2.33. The summed E-state index contributed by atoms with van der Waals surface area (Å²) in [6.07, 6.45) is -0.00674. The summed E-state index contributed by atoms with van der Waals surface area (Å²) >= 11 is 6.10. The molecule has 6 nitrogen and oxygen atoms in total. The average Bonchev–Trinajstić information content (AvgIpc) is 2.98. The van der Waals surface area contributed by atoms with Crippen molar-refractivity contribution in [3.63, 3.8) is 0 Å². The molecule has 1 heterocycles. The summed E-state index contributed by atoms with van der Waals surface area (Å²) < 4.78 is 10.9. The standard InChI is InChI=1S/C23H24ClNO5/c1-14(2)30-12-11-25-20(15-7-5-4-6-8-15)19(22(27)23(25)28)21(26)17-13-16(24)9-10-18(17)29-3/h4-10,13-14,20,26H,11-12H2,1-3H3/b21-19+. The van der Waals surface area contributed by atoms with E-state index < -0.39 is 17.7 Å². The summed E-state index contributed by atoms with van der Waals surface area (Å²) in [5.41, 5.74) is 0.961. The van der Waals surface area contributed by atoms with Gasteiger partial charge in [0.05, 0.1) is 37.0 Å². The van der Waals surface area contributed by atoms with Crippen molar-refractivity contribution in [2.24, 2.45) is 0 Å². The van der Waals surface area contributed by atoms with Crippen LogP contribution in [-0.4, -0.2) is 48.1 Å². The van der Waals surface area contributed by atoms with E-state index in [0.717, 1.165) is 0 Å². The first-order valence-electron chi connectivity index (χ1n) is 9.64. The molecule has 0 aliphatic carbocycles. The third-order valence-electron chi connectivity index (χ3n) is 4.86. The van der Waals surface area contributed by atoms with Crippen LogP contribution in [0.3, 0.4) is 0 Å². The predicted octanol–water partition coefficient (Wildman–Crippen LogP) is 4.20. The van der Waals surface area contributed by atoms with E-state index in [1.807, 2.05) is 44.2 Å². The number of carbonyl (C=O) groups excluding carboxylic acids is 2. The van der Waals surface area contributed by atoms with Crippen molar-refractivity contribution >= 4 is 29.1 Å². The molecule has 158 valence electrons. The highest BCUT2D eigenvalue weighted by Gasteiger charge is 2.46. The number of nitrogens with zero attached hydrogens (tertiary/aromatic N) is 1. The van der Waals surface area contributed by atoms with Crippen LogP contribution in [0.2, 0.25) is 5.02 Å². The molecule has 30 heavy (non-hydrogen) atoms. The van der Waals surface area contributed by atoms with Gasteiger partial charge in [-0.15, -0.1) is 0 Å². The van der Waals surface area contributed by atoms with E-state index in [1.54, 1.807) is 12.1 Å². The Hall–Kier alpha value is -2.83. The lowest BCUT2D eigenvalue weighted by molar-refractivity contribution is -0.140. The summed E-state index contributed by atoms with van der Waals surface area (Å²) in [4.78, 5) is 27.3. The number of amides is 1. The SMILES string of the molecule is COc1ccc(Cl)cc1/C(O)=C1\C(=O)C(=O)N(CCOC(C)C)C1c1ccccc1. The van der Waals surface area contributed by atoms with Gasteiger partial charge in [0.25, 0.3) is 11.7 Å². The molecule has 0 saturated carbocycles. The fourth-order valence-electron chi connectivity index (χ4n) is 3.49. The molecule has 1 atom stereocenters. The quantitative estimate of drug-likeness (QED) is 0.405. The van der Waals surface area contributed by atoms with Gasteiger partial charge < -0.3 is 19.5 Å². The van der Waals surface area contributed by atoms with Crippen molar-refractivity contribution in [3.05, 3.63) is 70.3 Å². The monoisotopic (exact) mass is 429 g/mol. The van der Waals surface area contributed by atoms with E-state index in [1.165, 1.54) is 18.1 Å². The summed E-state index contributed by atoms with van der Waals surface area (Å²) in [5, 5.41) is 11.5. The van der Waals surface area contributed by atoms with Gasteiger partial charge in [0.1, 0.15) is 11.5 Å². The number of carbonyl (C=O) groups is 2. The molecule has 0 bridgehead atoms. The van der Waals surface area contributed by atoms with E-state index >= 15 is 0 Å². The number of halogens is 1. The molecule has 2 aromatic rings. The minimum Gasteiger partial charge on any atom is -0.507 e. The second-order valence-corrected chi connectivity index (χ2v) is 7.60. The van der Waals surface area contributed by atoms with Gasteiger partial charge in [-0.3, -0.25) is 9.59 Å². The van der Waals surface area contributed by atoms with Crippen LogP contribution in [-0.2, 0) is 14.3 Å². The second kappa shape index (κ2) is 9.32. The van der Waals surface area contributed by atoms with Crippen molar-refractivity contribution in [1.82, 2.24) is 4.90 Å². The van der Waals surface area contributed by atoms with Crippen LogP contribution < -0.4 is 4.74 Å². The maximum atomic E-state index is 13.0. The van der Waals surface area contributed by atoms with E-state index in [0.29, 0.717) is 16.3 Å². The van der Waals surface area contributed by atoms with E-state index in [9.17, 15) is 14.7 Å². The Kier molecular flexibility index (Phi) is 6.80. The minimum absolute atomic E-state index is 0.00341. The van der Waals surface area contributed by atoms with E-state index in [-0.39, 0.29) is 36.2 Å². The van der Waals surface area contributed by atoms with Gasteiger partial charge in [-0.2, -0.15) is 0 Å². The second-order valence-electron chi connectivity index (χ2n) is 7.17. The Morgan fingerprint density at radius 3 is 2.50 bits per heavy atom. The van der Waals surface area contributed by atoms with Gasteiger partial charge in [-0.1, -0.05) is 41.9 Å². The highest BCUT2D eigenvalue weighted by Crippen LogP contribution is 2.41. The molecule has 2 aromatic carbocycles. The first-order chi connectivity index (χ1) is 14.3. The first kappa shape index (κ1) is 21.9. The van der Waals surface area contributed by atoms with Crippen LogP contribution >= 0.6 is 11.6 Å².